The van der Waals surface area contributed by atoms with Crippen molar-refractivity contribution in [3.8, 4) is 0 Å². The number of pyridine rings is 1. The summed E-state index contributed by atoms with van der Waals surface area (Å²) in [6, 6.07) is 2.79. The van der Waals surface area contributed by atoms with Crippen LogP contribution in [0.1, 0.15) is 44.4 Å². The largest absolute Gasteiger partial charge is 0.319 e. The fourth-order valence-corrected chi connectivity index (χ4v) is 5.87. The number of fused-ring (bicyclic) bond motifs is 1. The molecule has 0 bridgehead atoms. The highest BCUT2D eigenvalue weighted by atomic mass is 31.2. The molecule has 118 valence electrons. The van der Waals surface area contributed by atoms with E-state index in [1.165, 1.54) is 12.1 Å². The minimum atomic E-state index is -2.52. The Morgan fingerprint density at radius 1 is 1.23 bits per heavy atom. The predicted octanol–water partition coefficient (Wildman–Crippen LogP) is 4.59. The molecular weight excluding hydrogens is 303 g/mol. The molecule has 2 aromatic rings. The maximum absolute atomic E-state index is 14.5. The smallest absolute Gasteiger partial charge is 0.149 e. The molecule has 2 heterocycles. The van der Waals surface area contributed by atoms with Crippen LogP contribution in [0.25, 0.3) is 10.9 Å². The van der Waals surface area contributed by atoms with Crippen molar-refractivity contribution in [1.29, 1.82) is 0 Å². The summed E-state index contributed by atoms with van der Waals surface area (Å²) in [5, 5.41) is 1.07. The first-order valence-corrected chi connectivity index (χ1v) is 9.85. The van der Waals surface area contributed by atoms with Gasteiger partial charge < -0.3 is 4.57 Å². The zero-order valence-corrected chi connectivity index (χ0v) is 14.0. The SMILES string of the molecule is CCc1nc2c(F)cc(C(C)C)c(P3(=O)CCC3)c2cc1F. The number of hydrogen-bond acceptors (Lipinski definition) is 2. The summed E-state index contributed by atoms with van der Waals surface area (Å²) in [6.07, 6.45) is 2.58. The molecule has 0 spiro atoms. The number of hydrogen-bond donors (Lipinski definition) is 0. The van der Waals surface area contributed by atoms with Gasteiger partial charge in [0.05, 0.1) is 5.69 Å². The lowest BCUT2D eigenvalue weighted by atomic mass is 10.00. The van der Waals surface area contributed by atoms with Crippen LogP contribution in [-0.2, 0) is 11.0 Å². The molecule has 0 atom stereocenters. The Bertz CT molecular complexity index is 793. The predicted molar refractivity (Wildman–Crippen MR) is 86.7 cm³/mol. The van der Waals surface area contributed by atoms with Crippen molar-refractivity contribution in [2.75, 3.05) is 12.3 Å². The molecule has 22 heavy (non-hydrogen) atoms. The second kappa shape index (κ2) is 5.42. The lowest BCUT2D eigenvalue weighted by molar-refractivity contribution is 0.569. The zero-order valence-electron chi connectivity index (χ0n) is 13.1. The van der Waals surface area contributed by atoms with Crippen molar-refractivity contribution in [1.82, 2.24) is 4.98 Å². The fraction of sp³-hybridized carbons (Fsp3) is 0.471. The summed E-state index contributed by atoms with van der Waals surface area (Å²) < 4.78 is 41.8. The van der Waals surface area contributed by atoms with Crippen LogP contribution in [0.3, 0.4) is 0 Å². The minimum Gasteiger partial charge on any atom is -0.319 e. The maximum atomic E-state index is 14.5. The van der Waals surface area contributed by atoms with E-state index in [1.807, 2.05) is 13.8 Å². The summed E-state index contributed by atoms with van der Waals surface area (Å²) in [5.41, 5.74) is 1.14. The first-order valence-electron chi connectivity index (χ1n) is 7.77. The van der Waals surface area contributed by atoms with E-state index in [2.05, 4.69) is 4.98 Å². The van der Waals surface area contributed by atoms with Gasteiger partial charge in [-0.3, -0.25) is 0 Å². The third kappa shape index (κ3) is 2.28. The number of rotatable bonds is 3. The summed E-state index contributed by atoms with van der Waals surface area (Å²) in [5.74, 6) is -0.859. The molecule has 1 aromatic heterocycles. The lowest BCUT2D eigenvalue weighted by Gasteiger charge is -2.31. The lowest BCUT2D eigenvalue weighted by Crippen LogP contribution is -2.25. The molecule has 1 aromatic carbocycles. The van der Waals surface area contributed by atoms with E-state index in [0.717, 1.165) is 12.0 Å². The van der Waals surface area contributed by atoms with E-state index >= 15 is 0 Å². The first-order chi connectivity index (χ1) is 10.4. The highest BCUT2D eigenvalue weighted by Gasteiger charge is 2.37. The molecule has 1 aliphatic heterocycles. The monoisotopic (exact) mass is 323 g/mol. The highest BCUT2D eigenvalue weighted by molar-refractivity contribution is 7.73. The Morgan fingerprint density at radius 2 is 1.91 bits per heavy atom. The minimum absolute atomic E-state index is 0.0363. The third-order valence-corrected chi connectivity index (χ3v) is 7.88. The molecule has 1 saturated heterocycles. The summed E-state index contributed by atoms with van der Waals surface area (Å²) >= 11 is 0. The molecule has 0 unspecified atom stereocenters. The van der Waals surface area contributed by atoms with Gasteiger partial charge >= 0.3 is 0 Å². The van der Waals surface area contributed by atoms with Crippen LogP contribution in [-0.4, -0.2) is 17.3 Å². The van der Waals surface area contributed by atoms with Gasteiger partial charge in [-0.2, -0.15) is 0 Å². The Hall–Kier alpha value is -1.28. The van der Waals surface area contributed by atoms with Crippen LogP contribution >= 0.6 is 7.14 Å². The molecule has 0 radical (unpaired) electrons. The van der Waals surface area contributed by atoms with Crippen molar-refractivity contribution in [3.05, 3.63) is 35.0 Å². The van der Waals surface area contributed by atoms with Gasteiger partial charge in [0, 0.05) is 23.0 Å². The molecule has 1 fully saturated rings. The normalized spacial score (nSPS) is 17.0. The Labute approximate surface area is 129 Å². The molecular formula is C17H20F2NOP. The Kier molecular flexibility index (Phi) is 3.84. The van der Waals surface area contributed by atoms with Crippen molar-refractivity contribution in [2.24, 2.45) is 0 Å². The maximum Gasteiger partial charge on any atom is 0.149 e. The van der Waals surface area contributed by atoms with Gasteiger partial charge in [-0.1, -0.05) is 20.8 Å². The molecule has 5 heteroatoms. The van der Waals surface area contributed by atoms with Gasteiger partial charge in [0.15, 0.2) is 0 Å². The van der Waals surface area contributed by atoms with Crippen LogP contribution < -0.4 is 5.30 Å². The van der Waals surface area contributed by atoms with E-state index in [-0.39, 0.29) is 17.1 Å². The van der Waals surface area contributed by atoms with Crippen molar-refractivity contribution in [2.45, 2.75) is 39.5 Å². The Balaban J connectivity index is 2.43. The van der Waals surface area contributed by atoms with Gasteiger partial charge in [-0.15, -0.1) is 0 Å². The van der Waals surface area contributed by atoms with E-state index in [1.54, 1.807) is 6.92 Å². The number of aromatic nitrogens is 1. The molecule has 0 aliphatic carbocycles. The number of benzene rings is 1. The average molecular weight is 323 g/mol. The van der Waals surface area contributed by atoms with Crippen molar-refractivity contribution >= 4 is 23.3 Å². The second-order valence-corrected chi connectivity index (χ2v) is 9.43. The van der Waals surface area contributed by atoms with Gasteiger partial charge in [0.2, 0.25) is 0 Å². The van der Waals surface area contributed by atoms with Gasteiger partial charge in [0.1, 0.15) is 24.3 Å². The van der Waals surface area contributed by atoms with E-state index in [0.29, 0.717) is 29.4 Å². The standard InChI is InChI=1S/C17H20F2NOP/c1-4-15-13(18)9-12-16(20-15)14(19)8-11(10(2)3)17(12)22(21)6-5-7-22/h8-10H,4-7H2,1-3H3. The topological polar surface area (TPSA) is 30.0 Å². The van der Waals surface area contributed by atoms with Crippen LogP contribution in [0.15, 0.2) is 12.1 Å². The average Bonchev–Trinajstić information content (AvgIpc) is 2.44. The van der Waals surface area contributed by atoms with Crippen molar-refractivity contribution in [3.63, 3.8) is 0 Å². The van der Waals surface area contributed by atoms with Crippen LogP contribution in [0.4, 0.5) is 8.78 Å². The second-order valence-electron chi connectivity index (χ2n) is 6.31. The van der Waals surface area contributed by atoms with Gasteiger partial charge in [-0.25, -0.2) is 13.8 Å². The zero-order chi connectivity index (χ0) is 16.1. The molecule has 0 saturated carbocycles. The summed E-state index contributed by atoms with van der Waals surface area (Å²) in [7, 11) is -2.52. The van der Waals surface area contributed by atoms with Crippen LogP contribution in [0, 0.1) is 11.6 Å². The Morgan fingerprint density at radius 3 is 2.41 bits per heavy atom. The van der Waals surface area contributed by atoms with E-state index in [4.69, 9.17) is 0 Å². The molecule has 0 N–H and O–H groups in total. The summed E-state index contributed by atoms with van der Waals surface area (Å²) in [4.78, 5) is 4.15. The van der Waals surface area contributed by atoms with Crippen LogP contribution in [0.5, 0.6) is 0 Å². The van der Waals surface area contributed by atoms with Gasteiger partial charge in [-0.05, 0) is 36.5 Å². The molecule has 0 amide bonds. The van der Waals surface area contributed by atoms with E-state index in [9.17, 15) is 13.3 Å². The summed E-state index contributed by atoms with van der Waals surface area (Å²) in [6.45, 7) is 5.67. The van der Waals surface area contributed by atoms with Crippen LogP contribution in [0.2, 0.25) is 0 Å². The molecule has 1 aliphatic rings. The third-order valence-electron chi connectivity index (χ3n) is 4.49. The van der Waals surface area contributed by atoms with Crippen molar-refractivity contribution < 1.29 is 13.3 Å². The quantitative estimate of drug-likeness (QED) is 0.773. The first kappa shape index (κ1) is 15.6. The highest BCUT2D eigenvalue weighted by Crippen LogP contribution is 2.56. The fourth-order valence-electron chi connectivity index (χ4n) is 3.13. The molecule has 3 rings (SSSR count). The number of nitrogens with zero attached hydrogens (tertiary/aromatic N) is 1. The van der Waals surface area contributed by atoms with Gasteiger partial charge in [0.25, 0.3) is 0 Å². The molecule has 2 nitrogen and oxygen atoms in total. The number of halogens is 2. The number of aryl methyl sites for hydroxylation is 1. The van der Waals surface area contributed by atoms with E-state index < -0.39 is 18.8 Å².